The summed E-state index contributed by atoms with van der Waals surface area (Å²) < 4.78 is 39.6. The van der Waals surface area contributed by atoms with E-state index in [0.717, 1.165) is 49.6 Å². The van der Waals surface area contributed by atoms with Crippen molar-refractivity contribution in [1.82, 2.24) is 9.29 Å². The molecular formula is C30H30N2O4S. The zero-order chi connectivity index (χ0) is 25.2. The van der Waals surface area contributed by atoms with Gasteiger partial charge in [-0.3, -0.25) is 0 Å². The zero-order valence-corrected chi connectivity index (χ0v) is 21.4. The van der Waals surface area contributed by atoms with Crippen LogP contribution in [0, 0.1) is 0 Å². The molecule has 1 atom stereocenters. The number of nitrogens with zero attached hydrogens (tertiary/aromatic N) is 1. The fraction of sp³-hybridized carbons (Fsp3) is 0.267. The van der Waals surface area contributed by atoms with Gasteiger partial charge in [-0.1, -0.05) is 61.0 Å². The third-order valence-corrected chi connectivity index (χ3v) is 8.95. The maximum absolute atomic E-state index is 13.5. The van der Waals surface area contributed by atoms with Crippen molar-refractivity contribution in [1.29, 1.82) is 0 Å². The minimum atomic E-state index is -3.74. The van der Waals surface area contributed by atoms with E-state index in [1.54, 1.807) is 36.5 Å². The van der Waals surface area contributed by atoms with Crippen LogP contribution in [0.5, 0.6) is 11.5 Å². The van der Waals surface area contributed by atoms with E-state index in [1.807, 2.05) is 12.1 Å². The van der Waals surface area contributed by atoms with Gasteiger partial charge in [0, 0.05) is 30.2 Å². The number of aromatic nitrogens is 1. The van der Waals surface area contributed by atoms with E-state index in [1.165, 1.54) is 15.1 Å². The molecule has 3 heterocycles. The summed E-state index contributed by atoms with van der Waals surface area (Å²) in [6, 6.07) is 23.3. The lowest BCUT2D eigenvalue weighted by Crippen LogP contribution is -2.32. The number of rotatable bonds is 8. The SMILES string of the molecule is O=S(=O)(c1ccccc1)n1cc(CCCCC2CC(c3ccccc3)=CCN2)c2cc3c(cc21)OCO3. The Labute approximate surface area is 217 Å². The Kier molecular flexibility index (Phi) is 6.49. The van der Waals surface area contributed by atoms with Crippen LogP contribution in [0.2, 0.25) is 0 Å². The van der Waals surface area contributed by atoms with Crippen molar-refractivity contribution in [2.45, 2.75) is 43.0 Å². The van der Waals surface area contributed by atoms with Gasteiger partial charge in [-0.25, -0.2) is 12.4 Å². The van der Waals surface area contributed by atoms with Crippen LogP contribution >= 0.6 is 0 Å². The van der Waals surface area contributed by atoms with Crippen LogP contribution in [0.1, 0.15) is 36.8 Å². The highest BCUT2D eigenvalue weighted by Crippen LogP contribution is 2.39. The molecule has 1 N–H and O–H groups in total. The van der Waals surface area contributed by atoms with E-state index in [-0.39, 0.29) is 11.7 Å². The first-order valence-electron chi connectivity index (χ1n) is 12.8. The molecule has 0 saturated carbocycles. The Hall–Kier alpha value is -3.55. The normalized spacial score (nSPS) is 17.2. The predicted molar refractivity (Wildman–Crippen MR) is 145 cm³/mol. The summed E-state index contributed by atoms with van der Waals surface area (Å²) in [6.07, 6.45) is 9.00. The van der Waals surface area contributed by atoms with Crippen molar-refractivity contribution in [2.75, 3.05) is 13.3 Å². The van der Waals surface area contributed by atoms with Crippen LogP contribution in [0.3, 0.4) is 0 Å². The minimum absolute atomic E-state index is 0.149. The van der Waals surface area contributed by atoms with Gasteiger partial charge in [0.15, 0.2) is 11.5 Å². The molecule has 1 aromatic heterocycles. The second-order valence-electron chi connectivity index (χ2n) is 9.64. The molecule has 1 unspecified atom stereocenters. The molecule has 0 spiro atoms. The molecule has 2 aliphatic heterocycles. The molecule has 4 aromatic rings. The van der Waals surface area contributed by atoms with Crippen molar-refractivity contribution in [2.24, 2.45) is 0 Å². The van der Waals surface area contributed by atoms with E-state index in [0.29, 0.717) is 23.1 Å². The molecular weight excluding hydrogens is 484 g/mol. The summed E-state index contributed by atoms with van der Waals surface area (Å²) in [5.41, 5.74) is 4.35. The standard InChI is InChI=1S/C30H30N2O4S/c33-37(34,26-13-5-2-6-14-26)32-20-24(27-18-29-30(19-28(27)32)36-21-35-29)11-7-8-12-25-17-23(15-16-31-25)22-9-3-1-4-10-22/h1-6,9-10,13-15,18-20,25,31H,7-8,11-12,16-17,21H2. The molecule has 3 aromatic carbocycles. The largest absolute Gasteiger partial charge is 0.454 e. The Bertz CT molecular complexity index is 1540. The van der Waals surface area contributed by atoms with Gasteiger partial charge < -0.3 is 14.8 Å². The maximum Gasteiger partial charge on any atom is 0.268 e. The highest BCUT2D eigenvalue weighted by Gasteiger charge is 2.25. The van der Waals surface area contributed by atoms with Crippen molar-refractivity contribution in [3.8, 4) is 11.5 Å². The number of fused-ring (bicyclic) bond motifs is 2. The second-order valence-corrected chi connectivity index (χ2v) is 11.5. The first-order chi connectivity index (χ1) is 18.1. The van der Waals surface area contributed by atoms with Gasteiger partial charge in [0.25, 0.3) is 10.0 Å². The van der Waals surface area contributed by atoms with Gasteiger partial charge in [0.1, 0.15) is 0 Å². The van der Waals surface area contributed by atoms with Crippen LogP contribution in [-0.4, -0.2) is 31.8 Å². The first kappa shape index (κ1) is 23.8. The number of ether oxygens (including phenoxy) is 2. The van der Waals surface area contributed by atoms with Gasteiger partial charge >= 0.3 is 0 Å². The summed E-state index contributed by atoms with van der Waals surface area (Å²) in [5, 5.41) is 4.52. The van der Waals surface area contributed by atoms with Crippen LogP contribution < -0.4 is 14.8 Å². The van der Waals surface area contributed by atoms with Crippen LogP contribution in [0.15, 0.2) is 90.0 Å². The molecule has 0 saturated heterocycles. The minimum Gasteiger partial charge on any atom is -0.454 e. The van der Waals surface area contributed by atoms with Crippen molar-refractivity contribution in [3.63, 3.8) is 0 Å². The number of hydrogen-bond donors (Lipinski definition) is 1. The van der Waals surface area contributed by atoms with Gasteiger partial charge in [-0.05, 0) is 60.6 Å². The van der Waals surface area contributed by atoms with E-state index in [4.69, 9.17) is 9.47 Å². The van der Waals surface area contributed by atoms with E-state index in [2.05, 4.69) is 41.7 Å². The average molecular weight is 515 g/mol. The topological polar surface area (TPSA) is 69.6 Å². The molecule has 2 aliphatic rings. The molecule has 37 heavy (non-hydrogen) atoms. The number of benzene rings is 3. The second kappa shape index (κ2) is 10.1. The van der Waals surface area contributed by atoms with Crippen LogP contribution in [-0.2, 0) is 16.4 Å². The number of nitrogens with one attached hydrogen (secondary N) is 1. The maximum atomic E-state index is 13.5. The lowest BCUT2D eigenvalue weighted by molar-refractivity contribution is 0.174. The highest BCUT2D eigenvalue weighted by atomic mass is 32.2. The fourth-order valence-corrected chi connectivity index (χ4v) is 6.73. The number of hydrogen-bond acceptors (Lipinski definition) is 5. The first-order valence-corrected chi connectivity index (χ1v) is 14.3. The van der Waals surface area contributed by atoms with Crippen LogP contribution in [0.4, 0.5) is 0 Å². The third-order valence-electron chi connectivity index (χ3n) is 7.26. The van der Waals surface area contributed by atoms with Gasteiger partial charge in [-0.15, -0.1) is 0 Å². The summed E-state index contributed by atoms with van der Waals surface area (Å²) in [6.45, 7) is 1.05. The molecule has 0 radical (unpaired) electrons. The number of aryl methyl sites for hydroxylation is 1. The summed E-state index contributed by atoms with van der Waals surface area (Å²) in [4.78, 5) is 0.266. The highest BCUT2D eigenvalue weighted by molar-refractivity contribution is 7.90. The lowest BCUT2D eigenvalue weighted by Gasteiger charge is -2.24. The number of unbranched alkanes of at least 4 members (excludes halogenated alkanes) is 1. The molecule has 0 fully saturated rings. The Morgan fingerprint density at radius 2 is 1.65 bits per heavy atom. The monoisotopic (exact) mass is 514 g/mol. The third kappa shape index (κ3) is 4.77. The molecule has 0 aliphatic carbocycles. The molecule has 0 bridgehead atoms. The lowest BCUT2D eigenvalue weighted by atomic mass is 9.92. The Morgan fingerprint density at radius 3 is 2.43 bits per heavy atom. The molecule has 6 nitrogen and oxygen atoms in total. The quantitative estimate of drug-likeness (QED) is 0.303. The fourth-order valence-electron chi connectivity index (χ4n) is 5.32. The van der Waals surface area contributed by atoms with E-state index >= 15 is 0 Å². The molecule has 7 heteroatoms. The smallest absolute Gasteiger partial charge is 0.268 e. The van der Waals surface area contributed by atoms with E-state index < -0.39 is 10.0 Å². The summed E-state index contributed by atoms with van der Waals surface area (Å²) in [7, 11) is -3.74. The Balaban J connectivity index is 1.19. The predicted octanol–water partition coefficient (Wildman–Crippen LogP) is 5.77. The van der Waals surface area contributed by atoms with Crippen molar-refractivity contribution >= 4 is 26.5 Å². The summed E-state index contributed by atoms with van der Waals surface area (Å²) >= 11 is 0. The molecule has 190 valence electrons. The van der Waals surface area contributed by atoms with Gasteiger partial charge in [0.2, 0.25) is 6.79 Å². The Morgan fingerprint density at radius 1 is 0.919 bits per heavy atom. The van der Waals surface area contributed by atoms with Gasteiger partial charge in [-0.2, -0.15) is 0 Å². The van der Waals surface area contributed by atoms with Crippen LogP contribution in [0.25, 0.3) is 16.5 Å². The van der Waals surface area contributed by atoms with Gasteiger partial charge in [0.05, 0.1) is 10.4 Å². The zero-order valence-electron chi connectivity index (χ0n) is 20.6. The summed E-state index contributed by atoms with van der Waals surface area (Å²) in [5.74, 6) is 1.24. The van der Waals surface area contributed by atoms with Crippen molar-refractivity contribution < 1.29 is 17.9 Å². The molecule has 6 rings (SSSR count). The molecule has 0 amide bonds. The average Bonchev–Trinajstić information content (AvgIpc) is 3.55. The van der Waals surface area contributed by atoms with Crippen molar-refractivity contribution in [3.05, 3.63) is 96.2 Å². The van der Waals surface area contributed by atoms with E-state index in [9.17, 15) is 8.42 Å².